The van der Waals surface area contributed by atoms with E-state index in [1.165, 1.54) is 6.33 Å². The van der Waals surface area contributed by atoms with Crippen LogP contribution in [-0.4, -0.2) is 9.97 Å². The fourth-order valence-corrected chi connectivity index (χ4v) is 3.13. The summed E-state index contributed by atoms with van der Waals surface area (Å²) in [6.45, 7) is 0. The van der Waals surface area contributed by atoms with Gasteiger partial charge in [-0.2, -0.15) is 0 Å². The minimum atomic E-state index is 0.362. The highest BCUT2D eigenvalue weighted by atomic mass is 35.5. The van der Waals surface area contributed by atoms with E-state index in [-0.39, 0.29) is 0 Å². The van der Waals surface area contributed by atoms with Crippen LogP contribution in [-0.2, 0) is 0 Å². The lowest BCUT2D eigenvalue weighted by atomic mass is 10.2. The summed E-state index contributed by atoms with van der Waals surface area (Å²) in [5, 5.41) is 5.97. The summed E-state index contributed by atoms with van der Waals surface area (Å²) in [6, 6.07) is 25.0. The van der Waals surface area contributed by atoms with Crippen LogP contribution in [0.5, 0.6) is 0 Å². The minimum absolute atomic E-state index is 0.362. The quantitative estimate of drug-likeness (QED) is 0.309. The van der Waals surface area contributed by atoms with E-state index in [9.17, 15) is 0 Å². The maximum Gasteiger partial charge on any atom is 0.173 e. The number of anilines is 6. The summed E-state index contributed by atoms with van der Waals surface area (Å²) in [7, 11) is 0. The molecular formula is C22H18Cl2N6. The van der Waals surface area contributed by atoms with Crippen LogP contribution in [0.4, 0.5) is 34.4 Å². The van der Waals surface area contributed by atoms with Crippen molar-refractivity contribution in [3.8, 4) is 0 Å². The van der Waals surface area contributed by atoms with E-state index < -0.39 is 0 Å². The second-order valence-electron chi connectivity index (χ2n) is 6.36. The molecule has 0 aliphatic carbocycles. The number of benzene rings is 3. The molecule has 6 nitrogen and oxygen atoms in total. The fraction of sp³-hybridized carbons (Fsp3) is 0. The Kier molecular flexibility index (Phi) is 5.88. The van der Waals surface area contributed by atoms with Crippen LogP contribution >= 0.6 is 23.2 Å². The Labute approximate surface area is 184 Å². The van der Waals surface area contributed by atoms with Gasteiger partial charge in [0.15, 0.2) is 11.6 Å². The zero-order valence-corrected chi connectivity index (χ0v) is 17.3. The molecule has 4 rings (SSSR count). The van der Waals surface area contributed by atoms with Gasteiger partial charge in [-0.3, -0.25) is 10.4 Å². The molecule has 0 unspecified atom stereocenters. The van der Waals surface area contributed by atoms with Crippen molar-refractivity contribution >= 4 is 57.6 Å². The molecule has 0 amide bonds. The average Bonchev–Trinajstić information content (AvgIpc) is 2.78. The molecule has 0 atom stereocenters. The van der Waals surface area contributed by atoms with Gasteiger partial charge in [-0.15, -0.1) is 0 Å². The molecule has 4 N–H and O–H groups in total. The van der Waals surface area contributed by atoms with Gasteiger partial charge < -0.3 is 11.1 Å². The monoisotopic (exact) mass is 436 g/mol. The zero-order valence-electron chi connectivity index (χ0n) is 15.8. The standard InChI is InChI=1S/C22H18Cl2N6/c23-18-12-11-15(13-19(18)24)28-21-20(25)22(27-14-26-21)29-30(16-7-3-1-4-8-16)17-9-5-2-6-10-17/h1-14H,25H2,(H2,26,27,28,29). The summed E-state index contributed by atoms with van der Waals surface area (Å²) in [6.07, 6.45) is 1.44. The van der Waals surface area contributed by atoms with Crippen LogP contribution in [0, 0.1) is 0 Å². The molecule has 30 heavy (non-hydrogen) atoms. The molecule has 8 heteroatoms. The molecule has 0 radical (unpaired) electrons. The first-order chi connectivity index (χ1) is 14.6. The van der Waals surface area contributed by atoms with Gasteiger partial charge in [0, 0.05) is 5.69 Å². The van der Waals surface area contributed by atoms with E-state index in [1.807, 2.05) is 65.7 Å². The Balaban J connectivity index is 1.66. The SMILES string of the molecule is Nc1c(Nc2ccc(Cl)c(Cl)c2)ncnc1NN(c1ccccc1)c1ccccc1. The molecule has 1 aromatic heterocycles. The van der Waals surface area contributed by atoms with Gasteiger partial charge in [0.2, 0.25) is 0 Å². The Morgan fingerprint density at radius 1 is 0.733 bits per heavy atom. The highest BCUT2D eigenvalue weighted by Crippen LogP contribution is 2.32. The molecule has 0 spiro atoms. The largest absolute Gasteiger partial charge is 0.393 e. The summed E-state index contributed by atoms with van der Waals surface area (Å²) in [5.74, 6) is 0.909. The predicted octanol–water partition coefficient (Wildman–Crippen LogP) is 6.27. The van der Waals surface area contributed by atoms with Crippen molar-refractivity contribution < 1.29 is 0 Å². The number of hydrogen-bond donors (Lipinski definition) is 3. The third kappa shape index (κ3) is 4.40. The van der Waals surface area contributed by atoms with Gasteiger partial charge in [0.1, 0.15) is 12.0 Å². The molecule has 0 saturated carbocycles. The van der Waals surface area contributed by atoms with E-state index in [0.717, 1.165) is 11.4 Å². The van der Waals surface area contributed by atoms with Crippen LogP contribution < -0.4 is 21.5 Å². The third-order valence-electron chi connectivity index (χ3n) is 4.31. The lowest BCUT2D eigenvalue weighted by Gasteiger charge is -2.26. The molecule has 0 bridgehead atoms. The van der Waals surface area contributed by atoms with E-state index in [2.05, 4.69) is 20.7 Å². The van der Waals surface area contributed by atoms with Gasteiger partial charge in [-0.1, -0.05) is 59.6 Å². The average molecular weight is 437 g/mol. The molecule has 150 valence electrons. The molecule has 0 fully saturated rings. The molecule has 0 aliphatic rings. The topological polar surface area (TPSA) is 79.1 Å². The normalized spacial score (nSPS) is 10.5. The van der Waals surface area contributed by atoms with Crippen molar-refractivity contribution in [1.29, 1.82) is 0 Å². The van der Waals surface area contributed by atoms with E-state index >= 15 is 0 Å². The first-order valence-electron chi connectivity index (χ1n) is 9.11. The molecular weight excluding hydrogens is 419 g/mol. The van der Waals surface area contributed by atoms with Crippen molar-refractivity contribution in [2.24, 2.45) is 0 Å². The summed E-state index contributed by atoms with van der Waals surface area (Å²) in [5.41, 5.74) is 12.6. The van der Waals surface area contributed by atoms with Gasteiger partial charge in [-0.05, 0) is 42.5 Å². The van der Waals surface area contributed by atoms with Gasteiger partial charge in [-0.25, -0.2) is 9.97 Å². The number of aromatic nitrogens is 2. The minimum Gasteiger partial charge on any atom is -0.393 e. The number of nitrogens with zero attached hydrogens (tertiary/aromatic N) is 3. The fourth-order valence-electron chi connectivity index (χ4n) is 2.83. The highest BCUT2D eigenvalue weighted by molar-refractivity contribution is 6.42. The first-order valence-corrected chi connectivity index (χ1v) is 9.87. The molecule has 0 aliphatic heterocycles. The number of halogens is 2. The van der Waals surface area contributed by atoms with E-state index in [0.29, 0.717) is 33.1 Å². The zero-order chi connectivity index (χ0) is 20.9. The lowest BCUT2D eigenvalue weighted by Crippen LogP contribution is -2.26. The number of nitrogens with two attached hydrogens (primary N) is 1. The first kappa shape index (κ1) is 19.8. The number of rotatable bonds is 6. The Bertz CT molecular complexity index is 1100. The number of nitrogens with one attached hydrogen (secondary N) is 2. The molecule has 0 saturated heterocycles. The van der Waals surface area contributed by atoms with Crippen LogP contribution in [0.15, 0.2) is 85.2 Å². The molecule has 3 aromatic carbocycles. The van der Waals surface area contributed by atoms with Crippen molar-refractivity contribution in [3.05, 3.63) is 95.2 Å². The summed E-state index contributed by atoms with van der Waals surface area (Å²) < 4.78 is 0. The Morgan fingerprint density at radius 2 is 1.33 bits per heavy atom. The van der Waals surface area contributed by atoms with E-state index in [1.54, 1.807) is 18.2 Å². The van der Waals surface area contributed by atoms with Crippen LogP contribution in [0.3, 0.4) is 0 Å². The van der Waals surface area contributed by atoms with Gasteiger partial charge in [0.25, 0.3) is 0 Å². The van der Waals surface area contributed by atoms with Crippen molar-refractivity contribution in [1.82, 2.24) is 9.97 Å². The molecule has 4 aromatic rings. The lowest BCUT2D eigenvalue weighted by molar-refractivity contribution is 1.09. The number of hydrogen-bond acceptors (Lipinski definition) is 6. The summed E-state index contributed by atoms with van der Waals surface area (Å²) >= 11 is 12.1. The molecule has 1 heterocycles. The summed E-state index contributed by atoms with van der Waals surface area (Å²) in [4.78, 5) is 8.58. The second kappa shape index (κ2) is 8.90. The number of hydrazine groups is 1. The number of nitrogen functional groups attached to an aromatic ring is 1. The Hall–Kier alpha value is -3.48. The smallest absolute Gasteiger partial charge is 0.173 e. The van der Waals surface area contributed by atoms with E-state index in [4.69, 9.17) is 28.9 Å². The van der Waals surface area contributed by atoms with Crippen molar-refractivity contribution in [3.63, 3.8) is 0 Å². The van der Waals surface area contributed by atoms with Crippen LogP contribution in [0.25, 0.3) is 0 Å². The van der Waals surface area contributed by atoms with Crippen molar-refractivity contribution in [2.75, 3.05) is 21.5 Å². The van der Waals surface area contributed by atoms with Gasteiger partial charge in [0.05, 0.1) is 21.4 Å². The van der Waals surface area contributed by atoms with Crippen LogP contribution in [0.2, 0.25) is 10.0 Å². The van der Waals surface area contributed by atoms with Crippen LogP contribution in [0.1, 0.15) is 0 Å². The predicted molar refractivity (Wildman–Crippen MR) is 125 cm³/mol. The second-order valence-corrected chi connectivity index (χ2v) is 7.17. The van der Waals surface area contributed by atoms with Crippen molar-refractivity contribution in [2.45, 2.75) is 0 Å². The highest BCUT2D eigenvalue weighted by Gasteiger charge is 2.14. The maximum absolute atomic E-state index is 6.37. The number of para-hydroxylation sites is 2. The third-order valence-corrected chi connectivity index (χ3v) is 5.05. The Morgan fingerprint density at radius 3 is 1.93 bits per heavy atom. The van der Waals surface area contributed by atoms with Gasteiger partial charge >= 0.3 is 0 Å². The maximum atomic E-state index is 6.37.